The molecule has 0 spiro atoms. The average molecular weight is 235 g/mol. The van der Waals surface area contributed by atoms with E-state index in [1.807, 2.05) is 0 Å². The first-order valence-corrected chi connectivity index (χ1v) is 5.91. The Kier molecular flexibility index (Phi) is 2.59. The van der Waals surface area contributed by atoms with Gasteiger partial charge in [0.05, 0.1) is 6.61 Å². The van der Waals surface area contributed by atoms with E-state index in [2.05, 4.69) is 5.32 Å². The predicted octanol–water partition coefficient (Wildman–Crippen LogP) is 2.29. The van der Waals surface area contributed by atoms with Crippen molar-refractivity contribution in [2.75, 3.05) is 18.5 Å². The molecule has 1 amide bonds. The van der Waals surface area contributed by atoms with Gasteiger partial charge in [0, 0.05) is 18.7 Å². The van der Waals surface area contributed by atoms with E-state index in [1.54, 1.807) is 6.07 Å². The molecule has 0 aromatic heterocycles. The Morgan fingerprint density at radius 2 is 2.29 bits per heavy atom. The number of anilines is 1. The lowest BCUT2D eigenvalue weighted by molar-refractivity contribution is -0.117. The van der Waals surface area contributed by atoms with Crippen molar-refractivity contribution in [3.63, 3.8) is 0 Å². The van der Waals surface area contributed by atoms with Gasteiger partial charge in [0.15, 0.2) is 0 Å². The quantitative estimate of drug-likeness (QED) is 0.811. The molecule has 1 N–H and O–H groups in total. The number of carbonyl (C=O) groups excluding carboxylic acids is 1. The minimum Gasteiger partial charge on any atom is -0.381 e. The van der Waals surface area contributed by atoms with Crippen LogP contribution in [0.25, 0.3) is 0 Å². The van der Waals surface area contributed by atoms with Crippen LogP contribution in [0.4, 0.5) is 10.1 Å². The number of hydrogen-bond acceptors (Lipinski definition) is 2. The van der Waals surface area contributed by atoms with Crippen LogP contribution >= 0.6 is 0 Å². The van der Waals surface area contributed by atoms with Gasteiger partial charge in [-0.25, -0.2) is 4.39 Å². The van der Waals surface area contributed by atoms with Crippen molar-refractivity contribution in [1.29, 1.82) is 0 Å². The molecular formula is C13H14FNO2. The maximum atomic E-state index is 13.1. The number of hydrogen-bond donors (Lipinski definition) is 1. The van der Waals surface area contributed by atoms with Crippen LogP contribution in [0.3, 0.4) is 0 Å². The number of rotatable bonds is 1. The van der Waals surface area contributed by atoms with Gasteiger partial charge in [-0.15, -0.1) is 0 Å². The molecule has 3 nitrogen and oxygen atoms in total. The summed E-state index contributed by atoms with van der Waals surface area (Å²) in [4.78, 5) is 11.6. The minimum atomic E-state index is -0.313. The van der Waals surface area contributed by atoms with E-state index in [1.165, 1.54) is 12.1 Å². The number of nitrogens with one attached hydrogen (secondary N) is 1. The molecule has 0 saturated carbocycles. The summed E-state index contributed by atoms with van der Waals surface area (Å²) in [5.41, 5.74) is 1.67. The molecule has 2 unspecified atom stereocenters. The van der Waals surface area contributed by atoms with Crippen LogP contribution in [0.15, 0.2) is 18.2 Å². The van der Waals surface area contributed by atoms with E-state index >= 15 is 0 Å². The van der Waals surface area contributed by atoms with Crippen molar-refractivity contribution in [3.05, 3.63) is 29.6 Å². The van der Waals surface area contributed by atoms with Crippen molar-refractivity contribution < 1.29 is 13.9 Å². The highest BCUT2D eigenvalue weighted by Gasteiger charge is 2.33. The molecule has 1 aromatic carbocycles. The molecule has 1 saturated heterocycles. The van der Waals surface area contributed by atoms with Crippen molar-refractivity contribution >= 4 is 11.6 Å². The SMILES string of the molecule is O=C1CC(C2CCOC2)c2ccc(F)cc2N1. The Hall–Kier alpha value is -1.42. The van der Waals surface area contributed by atoms with E-state index in [4.69, 9.17) is 4.74 Å². The fraction of sp³-hybridized carbons (Fsp3) is 0.462. The Labute approximate surface area is 99.0 Å². The molecule has 2 heterocycles. The maximum Gasteiger partial charge on any atom is 0.225 e. The zero-order chi connectivity index (χ0) is 11.8. The summed E-state index contributed by atoms with van der Waals surface area (Å²) < 4.78 is 18.5. The maximum absolute atomic E-state index is 13.1. The molecular weight excluding hydrogens is 221 g/mol. The number of benzene rings is 1. The smallest absolute Gasteiger partial charge is 0.225 e. The Balaban J connectivity index is 1.98. The molecule has 0 radical (unpaired) electrons. The number of fused-ring (bicyclic) bond motifs is 1. The Bertz CT molecular complexity index is 455. The molecule has 1 aromatic rings. The number of halogens is 1. The Morgan fingerprint density at radius 1 is 1.41 bits per heavy atom. The molecule has 3 rings (SSSR count). The van der Waals surface area contributed by atoms with Crippen molar-refractivity contribution in [1.82, 2.24) is 0 Å². The molecule has 1 fully saturated rings. The monoisotopic (exact) mass is 235 g/mol. The molecule has 0 bridgehead atoms. The van der Waals surface area contributed by atoms with Crippen LogP contribution in [0.1, 0.15) is 24.3 Å². The third-order valence-electron chi connectivity index (χ3n) is 3.63. The van der Waals surface area contributed by atoms with E-state index < -0.39 is 0 Å². The normalized spacial score (nSPS) is 27.7. The molecule has 90 valence electrons. The van der Waals surface area contributed by atoms with Gasteiger partial charge in [-0.05, 0) is 36.0 Å². The van der Waals surface area contributed by atoms with Crippen molar-refractivity contribution in [3.8, 4) is 0 Å². The molecule has 17 heavy (non-hydrogen) atoms. The summed E-state index contributed by atoms with van der Waals surface area (Å²) in [6.45, 7) is 1.47. The first-order chi connectivity index (χ1) is 8.24. The van der Waals surface area contributed by atoms with Gasteiger partial charge in [-0.3, -0.25) is 4.79 Å². The van der Waals surface area contributed by atoms with Gasteiger partial charge in [-0.1, -0.05) is 6.07 Å². The van der Waals surface area contributed by atoms with Crippen LogP contribution in [-0.2, 0) is 9.53 Å². The summed E-state index contributed by atoms with van der Waals surface area (Å²) >= 11 is 0. The lowest BCUT2D eigenvalue weighted by atomic mass is 9.80. The van der Waals surface area contributed by atoms with Crippen LogP contribution in [-0.4, -0.2) is 19.1 Å². The first-order valence-electron chi connectivity index (χ1n) is 5.91. The predicted molar refractivity (Wildman–Crippen MR) is 61.3 cm³/mol. The lowest BCUT2D eigenvalue weighted by Gasteiger charge is -2.29. The minimum absolute atomic E-state index is 0.0278. The van der Waals surface area contributed by atoms with Crippen LogP contribution in [0.5, 0.6) is 0 Å². The summed E-state index contributed by atoms with van der Waals surface area (Å²) in [5.74, 6) is 0.208. The topological polar surface area (TPSA) is 38.3 Å². The van der Waals surface area contributed by atoms with Crippen molar-refractivity contribution in [2.24, 2.45) is 5.92 Å². The first kappa shape index (κ1) is 10.7. The second kappa shape index (κ2) is 4.11. The largest absolute Gasteiger partial charge is 0.381 e. The lowest BCUT2D eigenvalue weighted by Crippen LogP contribution is -2.27. The number of ether oxygens (including phenoxy) is 1. The van der Waals surface area contributed by atoms with Gasteiger partial charge < -0.3 is 10.1 Å². The van der Waals surface area contributed by atoms with Crippen LogP contribution in [0.2, 0.25) is 0 Å². The van der Waals surface area contributed by atoms with Gasteiger partial charge in [0.1, 0.15) is 5.82 Å². The third-order valence-corrected chi connectivity index (χ3v) is 3.63. The summed E-state index contributed by atoms with van der Waals surface area (Å²) in [6, 6.07) is 4.64. The summed E-state index contributed by atoms with van der Waals surface area (Å²) in [7, 11) is 0. The molecule has 4 heteroatoms. The highest BCUT2D eigenvalue weighted by Crippen LogP contribution is 2.40. The van der Waals surface area contributed by atoms with Gasteiger partial charge >= 0.3 is 0 Å². The fourth-order valence-corrected chi connectivity index (χ4v) is 2.76. The summed E-state index contributed by atoms with van der Waals surface area (Å²) in [5, 5.41) is 2.73. The zero-order valence-electron chi connectivity index (χ0n) is 9.41. The number of carbonyl (C=O) groups is 1. The van der Waals surface area contributed by atoms with Gasteiger partial charge in [0.2, 0.25) is 5.91 Å². The van der Waals surface area contributed by atoms with Crippen LogP contribution < -0.4 is 5.32 Å². The van der Waals surface area contributed by atoms with E-state index in [-0.39, 0.29) is 17.6 Å². The highest BCUT2D eigenvalue weighted by molar-refractivity contribution is 5.94. The van der Waals surface area contributed by atoms with E-state index in [0.717, 1.165) is 18.6 Å². The molecule has 2 atom stereocenters. The molecule has 2 aliphatic heterocycles. The van der Waals surface area contributed by atoms with E-state index in [9.17, 15) is 9.18 Å². The van der Waals surface area contributed by atoms with Crippen molar-refractivity contribution in [2.45, 2.75) is 18.8 Å². The van der Waals surface area contributed by atoms with Gasteiger partial charge in [-0.2, -0.15) is 0 Å². The fourth-order valence-electron chi connectivity index (χ4n) is 2.76. The molecule has 0 aliphatic carbocycles. The standard InChI is InChI=1S/C13H14FNO2/c14-9-1-2-10-11(8-3-4-17-7-8)6-13(16)15-12(10)5-9/h1-2,5,8,11H,3-4,6-7H2,(H,15,16). The highest BCUT2D eigenvalue weighted by atomic mass is 19.1. The van der Waals surface area contributed by atoms with E-state index in [0.29, 0.717) is 24.6 Å². The number of amides is 1. The average Bonchev–Trinajstić information content (AvgIpc) is 2.80. The third kappa shape index (κ3) is 1.93. The zero-order valence-corrected chi connectivity index (χ0v) is 9.41. The second-order valence-corrected chi connectivity index (χ2v) is 4.71. The Morgan fingerprint density at radius 3 is 3.06 bits per heavy atom. The van der Waals surface area contributed by atoms with Crippen LogP contribution in [0, 0.1) is 11.7 Å². The summed E-state index contributed by atoms with van der Waals surface area (Å²) in [6.07, 6.45) is 1.46. The second-order valence-electron chi connectivity index (χ2n) is 4.71. The van der Waals surface area contributed by atoms with Gasteiger partial charge in [0.25, 0.3) is 0 Å². The molecule has 2 aliphatic rings.